The second-order valence-electron chi connectivity index (χ2n) is 7.98. The minimum Gasteiger partial charge on any atom is -0.377 e. The molecular formula is C19H35N7O. The Bertz CT molecular complexity index is 630. The fourth-order valence-corrected chi connectivity index (χ4v) is 4.06. The van der Waals surface area contributed by atoms with E-state index in [1.165, 1.54) is 25.9 Å². The minimum atomic E-state index is 0.311. The summed E-state index contributed by atoms with van der Waals surface area (Å²) in [5.41, 5.74) is 0. The van der Waals surface area contributed by atoms with Crippen LogP contribution in [0.2, 0.25) is 0 Å². The van der Waals surface area contributed by atoms with Crippen molar-refractivity contribution in [1.82, 2.24) is 30.3 Å². The van der Waals surface area contributed by atoms with Gasteiger partial charge in [0.05, 0.1) is 6.54 Å². The Balaban J connectivity index is 1.47. The summed E-state index contributed by atoms with van der Waals surface area (Å²) in [4.78, 5) is 11.5. The van der Waals surface area contributed by atoms with Crippen LogP contribution in [-0.2, 0) is 24.3 Å². The average molecular weight is 378 g/mol. The summed E-state index contributed by atoms with van der Waals surface area (Å²) in [5, 5.41) is 11.6. The summed E-state index contributed by atoms with van der Waals surface area (Å²) >= 11 is 0. The van der Waals surface area contributed by atoms with Crippen LogP contribution in [0.1, 0.15) is 44.8 Å². The first kappa shape index (κ1) is 20.1. The highest BCUT2D eigenvalue weighted by atomic mass is 16.5. The van der Waals surface area contributed by atoms with Crippen molar-refractivity contribution in [2.45, 2.75) is 64.8 Å². The van der Waals surface area contributed by atoms with Gasteiger partial charge in [0.25, 0.3) is 0 Å². The van der Waals surface area contributed by atoms with Crippen molar-refractivity contribution in [1.29, 1.82) is 0 Å². The molecule has 3 atom stereocenters. The zero-order valence-electron chi connectivity index (χ0n) is 17.2. The number of nitrogens with one attached hydrogen (secondary N) is 2. The molecule has 1 fully saturated rings. The molecular weight excluding hydrogens is 342 g/mol. The Morgan fingerprint density at radius 2 is 2.22 bits per heavy atom. The van der Waals surface area contributed by atoms with Crippen molar-refractivity contribution in [2.24, 2.45) is 10.9 Å². The number of likely N-dealkylation sites (tertiary alicyclic amines) is 1. The van der Waals surface area contributed by atoms with Crippen molar-refractivity contribution in [3.05, 3.63) is 11.6 Å². The predicted molar refractivity (Wildman–Crippen MR) is 107 cm³/mol. The molecule has 0 aromatic carbocycles. The van der Waals surface area contributed by atoms with Crippen LogP contribution >= 0.6 is 0 Å². The number of ether oxygens (including phenoxy) is 1. The van der Waals surface area contributed by atoms with Gasteiger partial charge in [0.1, 0.15) is 12.4 Å². The number of guanidine groups is 1. The molecule has 1 saturated heterocycles. The van der Waals surface area contributed by atoms with E-state index in [-0.39, 0.29) is 0 Å². The van der Waals surface area contributed by atoms with Crippen molar-refractivity contribution >= 4 is 5.96 Å². The van der Waals surface area contributed by atoms with Gasteiger partial charge >= 0.3 is 0 Å². The van der Waals surface area contributed by atoms with E-state index in [2.05, 4.69) is 44.5 Å². The largest absolute Gasteiger partial charge is 0.377 e. The van der Waals surface area contributed by atoms with Crippen LogP contribution in [0.25, 0.3) is 0 Å². The van der Waals surface area contributed by atoms with Gasteiger partial charge in [-0.05, 0) is 38.6 Å². The Kier molecular flexibility index (Phi) is 7.07. The molecule has 2 N–H and O–H groups in total. The van der Waals surface area contributed by atoms with E-state index in [1.54, 1.807) is 7.11 Å². The van der Waals surface area contributed by atoms with Crippen LogP contribution in [0, 0.1) is 5.92 Å². The van der Waals surface area contributed by atoms with Gasteiger partial charge in [-0.15, -0.1) is 0 Å². The lowest BCUT2D eigenvalue weighted by atomic mass is 9.99. The number of rotatable bonds is 6. The topological polar surface area (TPSA) is 79.6 Å². The fraction of sp³-hybridized carbons (Fsp3) is 0.842. The summed E-state index contributed by atoms with van der Waals surface area (Å²) in [6.07, 6.45) is 4.63. The third kappa shape index (κ3) is 5.42. The molecule has 0 radical (unpaired) electrons. The molecule has 152 valence electrons. The highest BCUT2D eigenvalue weighted by Crippen LogP contribution is 2.17. The van der Waals surface area contributed by atoms with E-state index in [1.807, 2.05) is 11.7 Å². The zero-order valence-corrected chi connectivity index (χ0v) is 17.2. The lowest BCUT2D eigenvalue weighted by molar-refractivity contribution is 0.139. The number of aryl methyl sites for hydroxylation is 1. The Morgan fingerprint density at radius 3 is 2.96 bits per heavy atom. The Labute approximate surface area is 162 Å². The van der Waals surface area contributed by atoms with Crippen molar-refractivity contribution < 1.29 is 4.74 Å². The van der Waals surface area contributed by atoms with Crippen molar-refractivity contribution in [3.8, 4) is 0 Å². The molecule has 0 bridgehead atoms. The van der Waals surface area contributed by atoms with E-state index in [0.717, 1.165) is 49.5 Å². The van der Waals surface area contributed by atoms with Crippen molar-refractivity contribution in [3.63, 3.8) is 0 Å². The molecule has 8 nitrogen and oxygen atoms in total. The molecule has 1 aromatic rings. The molecule has 0 saturated carbocycles. The summed E-state index contributed by atoms with van der Waals surface area (Å²) < 4.78 is 7.14. The average Bonchev–Trinajstić information content (AvgIpc) is 3.06. The molecule has 1 aromatic heterocycles. The van der Waals surface area contributed by atoms with E-state index >= 15 is 0 Å². The second kappa shape index (κ2) is 9.50. The van der Waals surface area contributed by atoms with Gasteiger partial charge in [-0.25, -0.2) is 9.67 Å². The third-order valence-corrected chi connectivity index (χ3v) is 5.62. The molecule has 2 aliphatic rings. The van der Waals surface area contributed by atoms with E-state index in [9.17, 15) is 0 Å². The number of methoxy groups -OCH3 is 1. The third-order valence-electron chi connectivity index (χ3n) is 5.62. The molecule has 27 heavy (non-hydrogen) atoms. The Hall–Kier alpha value is -1.67. The fourth-order valence-electron chi connectivity index (χ4n) is 4.06. The maximum Gasteiger partial charge on any atom is 0.191 e. The molecule has 0 spiro atoms. The van der Waals surface area contributed by atoms with Crippen LogP contribution in [-0.4, -0.2) is 71.5 Å². The molecule has 2 aliphatic heterocycles. The quantitative estimate of drug-likeness (QED) is 0.569. The highest BCUT2D eigenvalue weighted by Gasteiger charge is 2.24. The lowest BCUT2D eigenvalue weighted by Crippen LogP contribution is -2.51. The monoisotopic (exact) mass is 377 g/mol. The number of nitrogens with zero attached hydrogens (tertiary/aromatic N) is 5. The van der Waals surface area contributed by atoms with Gasteiger partial charge in [-0.2, -0.15) is 5.10 Å². The molecule has 8 heteroatoms. The Morgan fingerprint density at radius 1 is 1.37 bits per heavy atom. The number of hydrogen-bond donors (Lipinski definition) is 2. The van der Waals surface area contributed by atoms with Crippen LogP contribution < -0.4 is 10.6 Å². The van der Waals surface area contributed by atoms with Crippen molar-refractivity contribution in [2.75, 3.05) is 33.8 Å². The molecule has 3 heterocycles. The van der Waals surface area contributed by atoms with Crippen LogP contribution in [0.3, 0.4) is 0 Å². The van der Waals surface area contributed by atoms with E-state index < -0.39 is 0 Å². The van der Waals surface area contributed by atoms with Gasteiger partial charge in [-0.3, -0.25) is 9.89 Å². The summed E-state index contributed by atoms with van der Waals surface area (Å²) in [6.45, 7) is 9.26. The molecule has 3 rings (SSSR count). The standard InChI is InChI=1S/C19H35N7O/c1-14-6-5-9-25(11-14)15(2)10-21-19(20-3)22-16-7-8-18-23-17(13-27-4)24-26(18)12-16/h14-16H,5-13H2,1-4H3,(H2,20,21,22). The number of aliphatic imine (C=N–C) groups is 1. The number of piperidine rings is 1. The first-order chi connectivity index (χ1) is 13.1. The minimum absolute atomic E-state index is 0.311. The van der Waals surface area contributed by atoms with Gasteiger partial charge < -0.3 is 15.4 Å². The first-order valence-corrected chi connectivity index (χ1v) is 10.2. The number of hydrogen-bond acceptors (Lipinski definition) is 5. The van der Waals surface area contributed by atoms with Crippen LogP contribution in [0.15, 0.2) is 4.99 Å². The smallest absolute Gasteiger partial charge is 0.191 e. The maximum absolute atomic E-state index is 5.14. The van der Waals surface area contributed by atoms with Crippen LogP contribution in [0.5, 0.6) is 0 Å². The SMILES string of the molecule is CN=C(NCC(C)N1CCCC(C)C1)NC1CCc2nc(COC)nn2C1. The summed E-state index contributed by atoms with van der Waals surface area (Å²) in [5.74, 6) is 3.49. The summed E-state index contributed by atoms with van der Waals surface area (Å²) in [6, 6.07) is 0.822. The number of aromatic nitrogens is 3. The zero-order chi connectivity index (χ0) is 19.2. The van der Waals surface area contributed by atoms with Gasteiger partial charge in [0.2, 0.25) is 0 Å². The maximum atomic E-state index is 5.14. The van der Waals surface area contributed by atoms with Gasteiger partial charge in [-0.1, -0.05) is 6.92 Å². The van der Waals surface area contributed by atoms with Gasteiger partial charge in [0.15, 0.2) is 11.8 Å². The predicted octanol–water partition coefficient (Wildman–Crippen LogP) is 1.02. The molecule has 0 amide bonds. The van der Waals surface area contributed by atoms with E-state index in [4.69, 9.17) is 4.74 Å². The molecule has 3 unspecified atom stereocenters. The lowest BCUT2D eigenvalue weighted by Gasteiger charge is -2.36. The highest BCUT2D eigenvalue weighted by molar-refractivity contribution is 5.80. The van der Waals surface area contributed by atoms with Crippen LogP contribution in [0.4, 0.5) is 0 Å². The normalized spacial score (nSPS) is 25.1. The summed E-state index contributed by atoms with van der Waals surface area (Å²) in [7, 11) is 3.51. The number of fused-ring (bicyclic) bond motifs is 1. The first-order valence-electron chi connectivity index (χ1n) is 10.2. The van der Waals surface area contributed by atoms with Gasteiger partial charge in [0, 0.05) is 45.8 Å². The molecule has 0 aliphatic carbocycles. The second-order valence-corrected chi connectivity index (χ2v) is 7.98. The van der Waals surface area contributed by atoms with E-state index in [0.29, 0.717) is 18.7 Å².